The molecule has 2 unspecified atom stereocenters. The van der Waals surface area contributed by atoms with Crippen molar-refractivity contribution in [2.45, 2.75) is 25.0 Å². The van der Waals surface area contributed by atoms with Crippen molar-refractivity contribution in [1.29, 1.82) is 0 Å². The summed E-state index contributed by atoms with van der Waals surface area (Å²) in [5.74, 6) is 6.70. The Labute approximate surface area is 126 Å². The summed E-state index contributed by atoms with van der Waals surface area (Å²) in [7, 11) is 0. The fraction of sp³-hybridized carbons (Fsp3) is 0.571. The van der Waals surface area contributed by atoms with Crippen molar-refractivity contribution in [1.82, 2.24) is 5.43 Å². The van der Waals surface area contributed by atoms with Crippen molar-refractivity contribution < 1.29 is 14.2 Å². The first-order chi connectivity index (χ1) is 9.78. The van der Waals surface area contributed by atoms with Crippen LogP contribution in [0.25, 0.3) is 0 Å². The van der Waals surface area contributed by atoms with E-state index in [9.17, 15) is 0 Å². The topological polar surface area (TPSA) is 65.7 Å². The van der Waals surface area contributed by atoms with E-state index in [-0.39, 0.29) is 12.1 Å². The lowest BCUT2D eigenvalue weighted by atomic mass is 9.98. The Kier molecular flexibility index (Phi) is 4.58. The van der Waals surface area contributed by atoms with E-state index in [4.69, 9.17) is 20.1 Å². The Hall–Kier alpha value is -0.660. The highest BCUT2D eigenvalue weighted by molar-refractivity contribution is 9.10. The lowest BCUT2D eigenvalue weighted by Crippen LogP contribution is -2.50. The molecule has 0 aromatic heterocycles. The van der Waals surface area contributed by atoms with E-state index < -0.39 is 0 Å². The number of rotatable bonds is 4. The second kappa shape index (κ2) is 6.41. The molecule has 2 aliphatic rings. The molecule has 0 aliphatic carbocycles. The molecule has 6 heteroatoms. The SMILES string of the molecule is NNC(Cc1cc(Br)cc2c1OCC2)C1COCCO1. The first-order valence-electron chi connectivity index (χ1n) is 6.87. The van der Waals surface area contributed by atoms with E-state index in [2.05, 4.69) is 33.5 Å². The Morgan fingerprint density at radius 1 is 1.35 bits per heavy atom. The largest absolute Gasteiger partial charge is 0.493 e. The van der Waals surface area contributed by atoms with Crippen LogP contribution in [0.15, 0.2) is 16.6 Å². The first kappa shape index (κ1) is 14.3. The first-order valence-corrected chi connectivity index (χ1v) is 7.67. The minimum Gasteiger partial charge on any atom is -0.493 e. The highest BCUT2D eigenvalue weighted by Crippen LogP contribution is 2.34. The third kappa shape index (κ3) is 2.99. The number of benzene rings is 1. The molecule has 110 valence electrons. The Balaban J connectivity index is 1.78. The van der Waals surface area contributed by atoms with Gasteiger partial charge in [0.05, 0.1) is 38.6 Å². The third-order valence-electron chi connectivity index (χ3n) is 3.77. The number of ether oxygens (including phenoxy) is 3. The van der Waals surface area contributed by atoms with Crippen LogP contribution < -0.4 is 16.0 Å². The molecule has 2 aliphatic heterocycles. The minimum atomic E-state index is -0.0233. The molecule has 1 fully saturated rings. The quantitative estimate of drug-likeness (QED) is 0.635. The molecule has 1 saturated heterocycles. The van der Waals surface area contributed by atoms with Crippen LogP contribution in [-0.2, 0) is 22.3 Å². The van der Waals surface area contributed by atoms with Gasteiger partial charge in [-0.2, -0.15) is 0 Å². The summed E-state index contributed by atoms with van der Waals surface area (Å²) in [6.07, 6.45) is 1.70. The molecule has 0 bridgehead atoms. The van der Waals surface area contributed by atoms with Gasteiger partial charge in [-0.25, -0.2) is 0 Å². The molecule has 5 nitrogen and oxygen atoms in total. The summed E-state index contributed by atoms with van der Waals surface area (Å²) in [6.45, 7) is 2.60. The monoisotopic (exact) mass is 342 g/mol. The van der Waals surface area contributed by atoms with Crippen LogP contribution in [-0.4, -0.2) is 38.6 Å². The number of nitrogens with two attached hydrogens (primary N) is 1. The minimum absolute atomic E-state index is 0.0119. The zero-order valence-electron chi connectivity index (χ0n) is 11.2. The van der Waals surface area contributed by atoms with Crippen molar-refractivity contribution in [3.8, 4) is 5.75 Å². The van der Waals surface area contributed by atoms with E-state index in [0.29, 0.717) is 19.8 Å². The fourth-order valence-corrected chi connectivity index (χ4v) is 3.32. The second-order valence-corrected chi connectivity index (χ2v) is 6.03. The van der Waals surface area contributed by atoms with Gasteiger partial charge in [0.2, 0.25) is 0 Å². The van der Waals surface area contributed by atoms with Crippen LogP contribution in [0, 0.1) is 0 Å². The third-order valence-corrected chi connectivity index (χ3v) is 4.23. The summed E-state index contributed by atoms with van der Waals surface area (Å²) in [4.78, 5) is 0. The van der Waals surface area contributed by atoms with Crippen LogP contribution in [0.5, 0.6) is 5.75 Å². The van der Waals surface area contributed by atoms with Gasteiger partial charge in [-0.15, -0.1) is 0 Å². The molecule has 0 spiro atoms. The van der Waals surface area contributed by atoms with Gasteiger partial charge in [-0.3, -0.25) is 11.3 Å². The average Bonchev–Trinajstić information content (AvgIpc) is 2.93. The zero-order valence-corrected chi connectivity index (χ0v) is 12.8. The normalized spacial score (nSPS) is 23.2. The Morgan fingerprint density at radius 2 is 2.25 bits per heavy atom. The van der Waals surface area contributed by atoms with Gasteiger partial charge in [0, 0.05) is 10.9 Å². The predicted molar refractivity (Wildman–Crippen MR) is 78.7 cm³/mol. The number of hydrogen-bond acceptors (Lipinski definition) is 5. The zero-order chi connectivity index (χ0) is 13.9. The molecule has 20 heavy (non-hydrogen) atoms. The summed E-state index contributed by atoms with van der Waals surface area (Å²) in [5, 5.41) is 0. The van der Waals surface area contributed by atoms with Gasteiger partial charge in [0.25, 0.3) is 0 Å². The highest BCUT2D eigenvalue weighted by atomic mass is 79.9. The summed E-state index contributed by atoms with van der Waals surface area (Å²) in [6, 6.07) is 4.23. The number of halogens is 1. The van der Waals surface area contributed by atoms with Gasteiger partial charge in [-0.1, -0.05) is 15.9 Å². The lowest BCUT2D eigenvalue weighted by Gasteiger charge is -2.30. The Bertz CT molecular complexity index is 478. The van der Waals surface area contributed by atoms with Crippen molar-refractivity contribution in [2.75, 3.05) is 26.4 Å². The van der Waals surface area contributed by atoms with Crippen molar-refractivity contribution in [3.05, 3.63) is 27.7 Å². The molecule has 3 rings (SSSR count). The molecule has 3 N–H and O–H groups in total. The van der Waals surface area contributed by atoms with Crippen molar-refractivity contribution in [3.63, 3.8) is 0 Å². The number of fused-ring (bicyclic) bond motifs is 1. The number of nitrogens with one attached hydrogen (secondary N) is 1. The van der Waals surface area contributed by atoms with Crippen LogP contribution in [0.2, 0.25) is 0 Å². The summed E-state index contributed by atoms with van der Waals surface area (Å²) in [5.41, 5.74) is 5.27. The van der Waals surface area contributed by atoms with E-state index in [1.807, 2.05) is 0 Å². The van der Waals surface area contributed by atoms with Gasteiger partial charge in [0.1, 0.15) is 5.75 Å². The molecule has 0 radical (unpaired) electrons. The predicted octanol–water partition coefficient (Wildman–Crippen LogP) is 1.17. The molecule has 2 atom stereocenters. The van der Waals surface area contributed by atoms with Crippen LogP contribution >= 0.6 is 15.9 Å². The average molecular weight is 343 g/mol. The van der Waals surface area contributed by atoms with E-state index >= 15 is 0 Å². The van der Waals surface area contributed by atoms with E-state index in [1.54, 1.807) is 0 Å². The van der Waals surface area contributed by atoms with E-state index in [0.717, 1.165) is 35.2 Å². The standard InChI is InChI=1S/C14H19BrN2O3/c15-11-5-9-1-2-20-14(9)10(6-11)7-12(17-16)13-8-18-3-4-19-13/h5-6,12-13,17H,1-4,7-8,16H2. The maximum absolute atomic E-state index is 5.76. The van der Waals surface area contributed by atoms with Crippen LogP contribution in [0.4, 0.5) is 0 Å². The molecular formula is C14H19BrN2O3. The molecule has 0 amide bonds. The highest BCUT2D eigenvalue weighted by Gasteiger charge is 2.27. The van der Waals surface area contributed by atoms with Gasteiger partial charge in [0.15, 0.2) is 0 Å². The van der Waals surface area contributed by atoms with Crippen LogP contribution in [0.1, 0.15) is 11.1 Å². The molecular weight excluding hydrogens is 324 g/mol. The molecule has 1 aromatic carbocycles. The fourth-order valence-electron chi connectivity index (χ4n) is 2.77. The Morgan fingerprint density at radius 3 is 3.00 bits per heavy atom. The summed E-state index contributed by atoms with van der Waals surface area (Å²) >= 11 is 3.56. The number of hydrogen-bond donors (Lipinski definition) is 2. The van der Waals surface area contributed by atoms with Gasteiger partial charge >= 0.3 is 0 Å². The summed E-state index contributed by atoms with van der Waals surface area (Å²) < 4.78 is 18.0. The van der Waals surface area contributed by atoms with Gasteiger partial charge < -0.3 is 14.2 Å². The molecule has 0 saturated carbocycles. The lowest BCUT2D eigenvalue weighted by molar-refractivity contribution is -0.101. The smallest absolute Gasteiger partial charge is 0.125 e. The number of hydrazine groups is 1. The van der Waals surface area contributed by atoms with Crippen molar-refractivity contribution >= 4 is 15.9 Å². The van der Waals surface area contributed by atoms with E-state index in [1.165, 1.54) is 5.56 Å². The maximum Gasteiger partial charge on any atom is 0.125 e. The second-order valence-electron chi connectivity index (χ2n) is 5.11. The molecule has 1 aromatic rings. The van der Waals surface area contributed by atoms with Gasteiger partial charge in [-0.05, 0) is 29.7 Å². The van der Waals surface area contributed by atoms with Crippen molar-refractivity contribution in [2.24, 2.45) is 5.84 Å². The maximum atomic E-state index is 5.76. The van der Waals surface area contributed by atoms with Crippen LogP contribution in [0.3, 0.4) is 0 Å². The molecule has 2 heterocycles.